The van der Waals surface area contributed by atoms with Gasteiger partial charge in [-0.25, -0.2) is 4.79 Å². The third-order valence-electron chi connectivity index (χ3n) is 6.27. The lowest BCUT2D eigenvalue weighted by Gasteiger charge is -2.32. The Morgan fingerprint density at radius 1 is 1.13 bits per heavy atom. The second-order valence-electron chi connectivity index (χ2n) is 8.36. The number of likely N-dealkylation sites (tertiary alicyclic amines) is 1. The Morgan fingerprint density at radius 2 is 1.90 bits per heavy atom. The minimum Gasteiger partial charge on any atom is -0.361 e. The summed E-state index contributed by atoms with van der Waals surface area (Å²) in [5.41, 5.74) is 5.02. The number of piperidine rings is 1. The molecule has 0 saturated carbocycles. The lowest BCUT2D eigenvalue weighted by molar-refractivity contribution is 0.181. The molecule has 2 N–H and O–H groups in total. The molecule has 3 aromatic rings. The lowest BCUT2D eigenvalue weighted by atomic mass is 9.89. The van der Waals surface area contributed by atoms with Gasteiger partial charge < -0.3 is 20.1 Å². The second-order valence-corrected chi connectivity index (χ2v) is 8.36. The first-order valence-electron chi connectivity index (χ1n) is 11.0. The predicted octanol–water partition coefficient (Wildman–Crippen LogP) is 4.71. The Bertz CT molecular complexity index is 987. The van der Waals surface area contributed by atoms with Crippen molar-refractivity contribution in [3.05, 3.63) is 71.4 Å². The summed E-state index contributed by atoms with van der Waals surface area (Å²) in [6.45, 7) is 6.29. The van der Waals surface area contributed by atoms with Crippen molar-refractivity contribution in [2.75, 3.05) is 26.7 Å². The smallest absolute Gasteiger partial charge is 0.317 e. The van der Waals surface area contributed by atoms with Crippen LogP contribution in [0.4, 0.5) is 4.79 Å². The summed E-state index contributed by atoms with van der Waals surface area (Å²) in [5.74, 6) is 0.512. The Labute approximate surface area is 179 Å². The highest BCUT2D eigenvalue weighted by atomic mass is 16.2. The van der Waals surface area contributed by atoms with E-state index in [9.17, 15) is 4.79 Å². The Balaban J connectivity index is 1.29. The molecule has 0 aliphatic carbocycles. The molecule has 1 aliphatic rings. The standard InChI is InChI=1S/C25H32N4O/c1-3-28(2)18-20-8-6-7-19(15-20)16-27-25(30)29-13-11-21(12-14-29)23-17-26-24-10-5-4-9-22(23)24/h4-10,15,17,21,26H,3,11-14,16,18H2,1-2H3,(H,27,30). The van der Waals surface area contributed by atoms with Crippen molar-refractivity contribution in [1.29, 1.82) is 0 Å². The van der Waals surface area contributed by atoms with E-state index >= 15 is 0 Å². The van der Waals surface area contributed by atoms with Gasteiger partial charge in [0.1, 0.15) is 0 Å². The van der Waals surface area contributed by atoms with Crippen molar-refractivity contribution in [2.45, 2.75) is 38.8 Å². The summed E-state index contributed by atoms with van der Waals surface area (Å²) in [5, 5.41) is 4.42. The number of aromatic amines is 1. The van der Waals surface area contributed by atoms with E-state index in [4.69, 9.17) is 0 Å². The molecule has 2 amide bonds. The number of benzene rings is 2. The number of carbonyl (C=O) groups excluding carboxylic acids is 1. The number of fused-ring (bicyclic) bond motifs is 1. The van der Waals surface area contributed by atoms with Crippen LogP contribution in [0.15, 0.2) is 54.7 Å². The molecule has 0 radical (unpaired) electrons. The SMILES string of the molecule is CCN(C)Cc1cccc(CNC(=O)N2CCC(c3c[nH]c4ccccc34)CC2)c1. The van der Waals surface area contributed by atoms with Crippen molar-refractivity contribution in [3.63, 3.8) is 0 Å². The zero-order valence-electron chi connectivity index (χ0n) is 18.0. The fraction of sp³-hybridized carbons (Fsp3) is 0.400. The molecule has 2 aromatic carbocycles. The summed E-state index contributed by atoms with van der Waals surface area (Å²) < 4.78 is 0. The molecule has 2 heterocycles. The minimum atomic E-state index is 0.0449. The first-order valence-corrected chi connectivity index (χ1v) is 11.0. The third kappa shape index (κ3) is 4.68. The van der Waals surface area contributed by atoms with Gasteiger partial charge in [-0.05, 0) is 55.1 Å². The Morgan fingerprint density at radius 3 is 2.70 bits per heavy atom. The van der Waals surface area contributed by atoms with Gasteiger partial charge in [0.2, 0.25) is 0 Å². The van der Waals surface area contributed by atoms with E-state index in [0.717, 1.165) is 44.6 Å². The van der Waals surface area contributed by atoms with Gasteiger partial charge >= 0.3 is 6.03 Å². The number of nitrogens with zero attached hydrogens (tertiary/aromatic N) is 2. The molecule has 1 fully saturated rings. The summed E-state index contributed by atoms with van der Waals surface area (Å²) >= 11 is 0. The van der Waals surface area contributed by atoms with Crippen LogP contribution in [0.2, 0.25) is 0 Å². The molecular weight excluding hydrogens is 372 g/mol. The van der Waals surface area contributed by atoms with Crippen LogP contribution in [-0.2, 0) is 13.1 Å². The van der Waals surface area contributed by atoms with Crippen LogP contribution in [0.1, 0.15) is 42.4 Å². The largest absolute Gasteiger partial charge is 0.361 e. The van der Waals surface area contributed by atoms with Crippen molar-refractivity contribution >= 4 is 16.9 Å². The van der Waals surface area contributed by atoms with Gasteiger partial charge in [-0.1, -0.05) is 49.4 Å². The molecule has 30 heavy (non-hydrogen) atoms. The van der Waals surface area contributed by atoms with Crippen molar-refractivity contribution in [1.82, 2.24) is 20.1 Å². The molecule has 1 aromatic heterocycles. The number of urea groups is 1. The highest BCUT2D eigenvalue weighted by Crippen LogP contribution is 2.33. The van der Waals surface area contributed by atoms with Gasteiger partial charge in [-0.3, -0.25) is 0 Å². The Hall–Kier alpha value is -2.79. The second kappa shape index (κ2) is 9.35. The normalized spacial score (nSPS) is 15.1. The van der Waals surface area contributed by atoms with E-state index in [1.807, 2.05) is 4.90 Å². The maximum atomic E-state index is 12.7. The minimum absolute atomic E-state index is 0.0449. The molecule has 4 rings (SSSR count). The number of rotatable bonds is 6. The highest BCUT2D eigenvalue weighted by molar-refractivity contribution is 5.83. The first kappa shape index (κ1) is 20.5. The topological polar surface area (TPSA) is 51.4 Å². The monoisotopic (exact) mass is 404 g/mol. The number of hydrogen-bond acceptors (Lipinski definition) is 2. The molecule has 5 heteroatoms. The quantitative estimate of drug-likeness (QED) is 0.625. The molecule has 158 valence electrons. The number of para-hydroxylation sites is 1. The van der Waals surface area contributed by atoms with Crippen LogP contribution in [0.5, 0.6) is 0 Å². The van der Waals surface area contributed by atoms with E-state index in [0.29, 0.717) is 12.5 Å². The summed E-state index contributed by atoms with van der Waals surface area (Å²) in [6.07, 6.45) is 4.16. The van der Waals surface area contributed by atoms with Gasteiger partial charge in [0, 0.05) is 43.3 Å². The van der Waals surface area contributed by atoms with Gasteiger partial charge in [0.25, 0.3) is 0 Å². The molecule has 0 atom stereocenters. The number of carbonyl (C=O) groups is 1. The van der Waals surface area contributed by atoms with Gasteiger partial charge in [-0.2, -0.15) is 0 Å². The molecule has 5 nitrogen and oxygen atoms in total. The molecule has 1 aliphatic heterocycles. The van der Waals surface area contributed by atoms with Crippen LogP contribution in [0.3, 0.4) is 0 Å². The van der Waals surface area contributed by atoms with Crippen LogP contribution in [-0.4, -0.2) is 47.5 Å². The average Bonchev–Trinajstić information content (AvgIpc) is 3.22. The lowest BCUT2D eigenvalue weighted by Crippen LogP contribution is -2.43. The first-order chi connectivity index (χ1) is 14.6. The van der Waals surface area contributed by atoms with E-state index in [2.05, 4.69) is 83.9 Å². The molecular formula is C25H32N4O. The van der Waals surface area contributed by atoms with Crippen molar-refractivity contribution in [2.24, 2.45) is 0 Å². The fourth-order valence-corrected chi connectivity index (χ4v) is 4.38. The summed E-state index contributed by atoms with van der Waals surface area (Å²) in [6, 6.07) is 17.0. The number of aromatic nitrogens is 1. The molecule has 0 spiro atoms. The average molecular weight is 405 g/mol. The molecule has 1 saturated heterocycles. The molecule has 0 unspecified atom stereocenters. The van der Waals surface area contributed by atoms with Crippen LogP contribution >= 0.6 is 0 Å². The number of H-pyrrole nitrogens is 1. The fourth-order valence-electron chi connectivity index (χ4n) is 4.38. The number of hydrogen-bond donors (Lipinski definition) is 2. The maximum absolute atomic E-state index is 12.7. The zero-order valence-corrected chi connectivity index (χ0v) is 18.0. The number of amides is 2. The van der Waals surface area contributed by atoms with Gasteiger partial charge in [-0.15, -0.1) is 0 Å². The van der Waals surface area contributed by atoms with E-state index in [-0.39, 0.29) is 6.03 Å². The summed E-state index contributed by atoms with van der Waals surface area (Å²) in [4.78, 5) is 20.3. The van der Waals surface area contributed by atoms with Gasteiger partial charge in [0.05, 0.1) is 0 Å². The van der Waals surface area contributed by atoms with Gasteiger partial charge in [0.15, 0.2) is 0 Å². The van der Waals surface area contributed by atoms with Crippen LogP contribution < -0.4 is 5.32 Å². The summed E-state index contributed by atoms with van der Waals surface area (Å²) in [7, 11) is 2.12. The van der Waals surface area contributed by atoms with Crippen molar-refractivity contribution < 1.29 is 4.79 Å². The third-order valence-corrected chi connectivity index (χ3v) is 6.27. The van der Waals surface area contributed by atoms with E-state index in [1.54, 1.807) is 0 Å². The van der Waals surface area contributed by atoms with E-state index in [1.165, 1.54) is 22.0 Å². The highest BCUT2D eigenvalue weighted by Gasteiger charge is 2.25. The maximum Gasteiger partial charge on any atom is 0.317 e. The van der Waals surface area contributed by atoms with Crippen LogP contribution in [0, 0.1) is 0 Å². The van der Waals surface area contributed by atoms with E-state index < -0.39 is 0 Å². The number of nitrogens with one attached hydrogen (secondary N) is 2. The predicted molar refractivity (Wildman–Crippen MR) is 123 cm³/mol. The zero-order chi connectivity index (χ0) is 20.9. The van der Waals surface area contributed by atoms with Crippen molar-refractivity contribution in [3.8, 4) is 0 Å². The van der Waals surface area contributed by atoms with Crippen LogP contribution in [0.25, 0.3) is 10.9 Å². The molecule has 0 bridgehead atoms. The Kier molecular flexibility index (Phi) is 6.38.